The Hall–Kier alpha value is -4.41. The summed E-state index contributed by atoms with van der Waals surface area (Å²) < 4.78 is 23.0. The van der Waals surface area contributed by atoms with Crippen molar-refractivity contribution in [3.8, 4) is 23.0 Å². The van der Waals surface area contributed by atoms with Crippen molar-refractivity contribution < 1.29 is 33.6 Å². The van der Waals surface area contributed by atoms with Crippen molar-refractivity contribution in [3.05, 3.63) is 87.9 Å². The highest BCUT2D eigenvalue weighted by Gasteiger charge is 2.46. The van der Waals surface area contributed by atoms with Crippen LogP contribution in [0.5, 0.6) is 23.0 Å². The van der Waals surface area contributed by atoms with Gasteiger partial charge in [-0.25, -0.2) is 4.79 Å². The van der Waals surface area contributed by atoms with Crippen LogP contribution in [0, 0.1) is 13.8 Å². The van der Waals surface area contributed by atoms with Crippen LogP contribution in [-0.2, 0) is 4.79 Å². The van der Waals surface area contributed by atoms with E-state index in [2.05, 4.69) is 5.32 Å². The van der Waals surface area contributed by atoms with E-state index in [0.29, 0.717) is 73.7 Å². The molecule has 6 rings (SSSR count). The monoisotopic (exact) mass is 675 g/mol. The summed E-state index contributed by atoms with van der Waals surface area (Å²) >= 11 is 6.34. The zero-order chi connectivity index (χ0) is 33.8. The normalized spacial score (nSPS) is 18.7. The highest BCUT2D eigenvalue weighted by Crippen LogP contribution is 2.39. The number of nitrogens with zero attached hydrogens (tertiary/aromatic N) is 2. The number of carbonyl (C=O) groups is 2. The minimum absolute atomic E-state index is 0.106. The average Bonchev–Trinajstić information content (AvgIpc) is 3.92. The Kier molecular flexibility index (Phi) is 10.3. The van der Waals surface area contributed by atoms with Gasteiger partial charge in [0.05, 0.1) is 30.8 Å². The number of rotatable bonds is 13. The molecule has 0 spiro atoms. The molecule has 2 aliphatic heterocycles. The van der Waals surface area contributed by atoms with E-state index < -0.39 is 12.1 Å². The Morgan fingerprint density at radius 2 is 1.52 bits per heavy atom. The third-order valence-corrected chi connectivity index (χ3v) is 9.56. The van der Waals surface area contributed by atoms with E-state index in [-0.39, 0.29) is 18.0 Å². The SMILES string of the molecule is COc1ccc(OCCN(C(=O)C2=C(c3ccc(OCCOc4cc(C)c(C)cc4Cl)cc3)C[C@@H]3CNC[C@H]2N3C(=O)O)C2CC2)cc1. The standard InChI is InChI=1S/C37H42ClN3O7/c1-23-18-32(38)34(19-24(23)2)48-17-16-47-29-8-4-25(5-9-29)31-20-27-21-39-22-33(41(27)37(43)44)35(31)36(42)40(26-6-7-26)14-15-46-30-12-10-28(45-3)11-13-30/h4-5,8-13,18-19,26-27,33,39H,6-7,14-17,20-22H2,1-3H3,(H,43,44)/t27-,33-/m1/s1. The number of aryl methyl sites for hydroxylation is 2. The van der Waals surface area contributed by atoms with Gasteiger partial charge in [0.2, 0.25) is 0 Å². The Morgan fingerprint density at radius 3 is 2.19 bits per heavy atom. The van der Waals surface area contributed by atoms with E-state index in [9.17, 15) is 14.7 Å². The van der Waals surface area contributed by atoms with Crippen LogP contribution in [0.25, 0.3) is 5.57 Å². The maximum Gasteiger partial charge on any atom is 0.408 e. The minimum atomic E-state index is -1.01. The summed E-state index contributed by atoms with van der Waals surface area (Å²) in [6.45, 7) is 6.29. The Labute approximate surface area is 286 Å². The molecular weight excluding hydrogens is 634 g/mol. The van der Waals surface area contributed by atoms with Crippen molar-refractivity contribution >= 4 is 29.2 Å². The van der Waals surface area contributed by atoms with Gasteiger partial charge in [-0.1, -0.05) is 23.7 Å². The zero-order valence-electron chi connectivity index (χ0n) is 27.5. The third-order valence-electron chi connectivity index (χ3n) is 9.27. The fraction of sp³-hybridized carbons (Fsp3) is 0.405. The Bertz CT molecular complexity index is 1660. The summed E-state index contributed by atoms with van der Waals surface area (Å²) in [5.74, 6) is 2.59. The molecule has 48 heavy (non-hydrogen) atoms. The number of carbonyl (C=O) groups excluding carboxylic acids is 1. The molecular formula is C37H42ClN3O7. The number of fused-ring (bicyclic) bond motifs is 2. The van der Waals surface area contributed by atoms with Crippen LogP contribution in [0.2, 0.25) is 5.02 Å². The van der Waals surface area contributed by atoms with E-state index in [0.717, 1.165) is 40.9 Å². The first-order chi connectivity index (χ1) is 23.2. The second-order valence-electron chi connectivity index (χ2n) is 12.5. The van der Waals surface area contributed by atoms with Crippen LogP contribution in [-0.4, -0.2) is 91.6 Å². The zero-order valence-corrected chi connectivity index (χ0v) is 28.3. The fourth-order valence-electron chi connectivity index (χ4n) is 6.48. The van der Waals surface area contributed by atoms with Crippen molar-refractivity contribution in [1.82, 2.24) is 15.1 Å². The quantitative estimate of drug-likeness (QED) is 0.213. The minimum Gasteiger partial charge on any atom is -0.497 e. The molecule has 0 unspecified atom stereocenters. The smallest absolute Gasteiger partial charge is 0.408 e. The summed E-state index contributed by atoms with van der Waals surface area (Å²) in [6, 6.07) is 18.1. The van der Waals surface area contributed by atoms with Crippen LogP contribution in [0.3, 0.4) is 0 Å². The molecule has 3 aromatic rings. The van der Waals surface area contributed by atoms with Crippen molar-refractivity contribution in [2.45, 2.75) is 51.2 Å². The van der Waals surface area contributed by atoms with Gasteiger partial charge in [-0.05, 0) is 104 Å². The number of benzene rings is 3. The molecule has 2 atom stereocenters. The second-order valence-corrected chi connectivity index (χ2v) is 12.9. The highest BCUT2D eigenvalue weighted by molar-refractivity contribution is 6.32. The number of amides is 2. The molecule has 2 heterocycles. The first-order valence-electron chi connectivity index (χ1n) is 16.4. The van der Waals surface area contributed by atoms with Gasteiger partial charge in [-0.2, -0.15) is 0 Å². The number of hydrogen-bond donors (Lipinski definition) is 2. The van der Waals surface area contributed by atoms with Gasteiger partial charge in [-0.3, -0.25) is 9.69 Å². The summed E-state index contributed by atoms with van der Waals surface area (Å²) in [6.07, 6.45) is 1.25. The van der Waals surface area contributed by atoms with Gasteiger partial charge in [0, 0.05) is 24.7 Å². The van der Waals surface area contributed by atoms with Gasteiger partial charge in [-0.15, -0.1) is 0 Å². The summed E-state index contributed by atoms with van der Waals surface area (Å²) in [7, 11) is 1.61. The number of methoxy groups -OCH3 is 1. The average molecular weight is 676 g/mol. The second kappa shape index (κ2) is 14.8. The molecule has 1 aliphatic carbocycles. The van der Waals surface area contributed by atoms with E-state index in [1.165, 1.54) is 4.90 Å². The molecule has 1 saturated carbocycles. The summed E-state index contributed by atoms with van der Waals surface area (Å²) in [5, 5.41) is 14.1. The summed E-state index contributed by atoms with van der Waals surface area (Å²) in [5.41, 5.74) is 4.51. The maximum atomic E-state index is 14.5. The maximum absolute atomic E-state index is 14.5. The molecule has 2 amide bonds. The molecule has 3 aliphatic rings. The van der Waals surface area contributed by atoms with Crippen LogP contribution < -0.4 is 24.3 Å². The molecule has 2 fully saturated rings. The summed E-state index contributed by atoms with van der Waals surface area (Å²) in [4.78, 5) is 30.3. The fourth-order valence-corrected chi connectivity index (χ4v) is 6.76. The first-order valence-corrected chi connectivity index (χ1v) is 16.8. The molecule has 0 aromatic heterocycles. The van der Waals surface area contributed by atoms with Crippen molar-refractivity contribution in [2.24, 2.45) is 0 Å². The highest BCUT2D eigenvalue weighted by atomic mass is 35.5. The van der Waals surface area contributed by atoms with Crippen molar-refractivity contribution in [2.75, 3.05) is 46.6 Å². The largest absolute Gasteiger partial charge is 0.497 e. The van der Waals surface area contributed by atoms with Gasteiger partial charge in [0.1, 0.15) is 42.8 Å². The van der Waals surface area contributed by atoms with Gasteiger partial charge in [0.25, 0.3) is 5.91 Å². The molecule has 1 saturated heterocycles. The molecule has 2 N–H and O–H groups in total. The van der Waals surface area contributed by atoms with Crippen LogP contribution in [0.15, 0.2) is 66.2 Å². The van der Waals surface area contributed by atoms with E-state index >= 15 is 0 Å². The van der Waals surface area contributed by atoms with Gasteiger partial charge >= 0.3 is 6.09 Å². The van der Waals surface area contributed by atoms with Crippen LogP contribution >= 0.6 is 11.6 Å². The van der Waals surface area contributed by atoms with Gasteiger partial charge < -0.3 is 34.3 Å². The van der Waals surface area contributed by atoms with E-state index in [1.807, 2.05) is 79.4 Å². The van der Waals surface area contributed by atoms with Gasteiger partial charge in [0.15, 0.2) is 0 Å². The predicted molar refractivity (Wildman–Crippen MR) is 183 cm³/mol. The Morgan fingerprint density at radius 1 is 0.896 bits per heavy atom. The number of nitrogens with one attached hydrogen (secondary N) is 1. The molecule has 0 radical (unpaired) electrons. The van der Waals surface area contributed by atoms with Crippen molar-refractivity contribution in [1.29, 1.82) is 0 Å². The molecule has 10 nitrogen and oxygen atoms in total. The number of halogens is 1. The first kappa shape index (κ1) is 33.5. The number of hydrogen-bond acceptors (Lipinski definition) is 7. The lowest BCUT2D eigenvalue weighted by Crippen LogP contribution is -2.63. The number of ether oxygens (including phenoxy) is 4. The van der Waals surface area contributed by atoms with Crippen molar-refractivity contribution in [3.63, 3.8) is 0 Å². The number of piperazine rings is 1. The molecule has 254 valence electrons. The molecule has 3 aromatic carbocycles. The van der Waals surface area contributed by atoms with Crippen LogP contribution in [0.1, 0.15) is 36.0 Å². The lowest BCUT2D eigenvalue weighted by Gasteiger charge is -2.47. The third kappa shape index (κ3) is 7.50. The van der Waals surface area contributed by atoms with Crippen LogP contribution in [0.4, 0.5) is 4.79 Å². The topological polar surface area (TPSA) is 110 Å². The molecule has 2 bridgehead atoms. The number of carboxylic acid groups (broad SMARTS) is 1. The lowest BCUT2D eigenvalue weighted by molar-refractivity contribution is -0.129. The molecule has 11 heteroatoms. The van der Waals surface area contributed by atoms with E-state index in [1.54, 1.807) is 7.11 Å². The predicted octanol–water partition coefficient (Wildman–Crippen LogP) is 5.97. The van der Waals surface area contributed by atoms with E-state index in [4.69, 9.17) is 30.5 Å². The lowest BCUT2D eigenvalue weighted by atomic mass is 9.82. The Balaban J connectivity index is 1.18.